The number of anilines is 1. The quantitative estimate of drug-likeness (QED) is 0.604. The van der Waals surface area contributed by atoms with Crippen LogP contribution in [-0.2, 0) is 6.42 Å². The van der Waals surface area contributed by atoms with Gasteiger partial charge in [0.05, 0.1) is 0 Å². The predicted molar refractivity (Wildman–Crippen MR) is 115 cm³/mol. The van der Waals surface area contributed by atoms with Gasteiger partial charge in [0.15, 0.2) is 5.96 Å². The fraction of sp³-hybridized carbons (Fsp3) is 0.429. The zero-order chi connectivity index (χ0) is 20.6. The van der Waals surface area contributed by atoms with Gasteiger partial charge in [0.25, 0.3) is 5.91 Å². The van der Waals surface area contributed by atoms with Crippen LogP contribution in [0.4, 0.5) is 5.95 Å². The first kappa shape index (κ1) is 20.6. The molecule has 0 aliphatic carbocycles. The molecule has 8 heteroatoms. The van der Waals surface area contributed by atoms with Crippen molar-refractivity contribution in [1.82, 2.24) is 25.1 Å². The Morgan fingerprint density at radius 1 is 1.14 bits per heavy atom. The summed E-state index contributed by atoms with van der Waals surface area (Å²) in [6.45, 7) is 4.21. The lowest BCUT2D eigenvalue weighted by Crippen LogP contribution is -2.53. The van der Waals surface area contributed by atoms with Crippen molar-refractivity contribution in [3.63, 3.8) is 0 Å². The molecule has 1 aromatic carbocycles. The standard InChI is InChI=1S/C21H29N7O/c1-22-20(27-12-14-28(15-13-27)21-23-9-5-10-24-21)25-11-8-17-6-4-7-18(16-17)19(29)26(2)3/h4-7,9-10,16H,8,11-15H2,1-3H3,(H,22,25). The molecule has 2 aromatic rings. The second kappa shape index (κ2) is 9.86. The first-order valence-electron chi connectivity index (χ1n) is 9.86. The van der Waals surface area contributed by atoms with Gasteiger partial charge in [0, 0.05) is 71.8 Å². The van der Waals surface area contributed by atoms with E-state index in [1.54, 1.807) is 31.4 Å². The number of carbonyl (C=O) groups is 1. The Labute approximate surface area is 172 Å². The summed E-state index contributed by atoms with van der Waals surface area (Å²) < 4.78 is 0. The lowest BCUT2D eigenvalue weighted by atomic mass is 10.1. The number of amides is 1. The maximum absolute atomic E-state index is 12.1. The summed E-state index contributed by atoms with van der Waals surface area (Å²) in [5.74, 6) is 1.71. The highest BCUT2D eigenvalue weighted by molar-refractivity contribution is 5.94. The number of piperazine rings is 1. The van der Waals surface area contributed by atoms with Crippen molar-refractivity contribution in [2.75, 3.05) is 58.8 Å². The zero-order valence-corrected chi connectivity index (χ0v) is 17.4. The minimum absolute atomic E-state index is 0.0240. The Kier molecular flexibility index (Phi) is 6.99. The van der Waals surface area contributed by atoms with Crippen LogP contribution in [0.5, 0.6) is 0 Å². The number of aliphatic imine (C=N–C) groups is 1. The molecule has 1 fully saturated rings. The second-order valence-corrected chi connectivity index (χ2v) is 7.15. The zero-order valence-electron chi connectivity index (χ0n) is 17.4. The third kappa shape index (κ3) is 5.43. The van der Waals surface area contributed by atoms with Gasteiger partial charge >= 0.3 is 0 Å². The Hall–Kier alpha value is -3.16. The molecule has 29 heavy (non-hydrogen) atoms. The van der Waals surface area contributed by atoms with Gasteiger partial charge in [-0.3, -0.25) is 9.79 Å². The summed E-state index contributed by atoms with van der Waals surface area (Å²) >= 11 is 0. The molecule has 1 aromatic heterocycles. The summed E-state index contributed by atoms with van der Waals surface area (Å²) in [6.07, 6.45) is 4.37. The lowest BCUT2D eigenvalue weighted by molar-refractivity contribution is 0.0827. The predicted octanol–water partition coefficient (Wildman–Crippen LogP) is 1.12. The highest BCUT2D eigenvalue weighted by Crippen LogP contribution is 2.10. The first-order valence-corrected chi connectivity index (χ1v) is 9.86. The van der Waals surface area contributed by atoms with E-state index in [-0.39, 0.29) is 5.91 Å². The van der Waals surface area contributed by atoms with Crippen molar-refractivity contribution < 1.29 is 4.79 Å². The molecule has 154 valence electrons. The molecular weight excluding hydrogens is 366 g/mol. The molecule has 0 saturated carbocycles. The van der Waals surface area contributed by atoms with E-state index in [2.05, 4.69) is 36.1 Å². The monoisotopic (exact) mass is 395 g/mol. The van der Waals surface area contributed by atoms with E-state index in [0.29, 0.717) is 0 Å². The topological polar surface area (TPSA) is 77.0 Å². The van der Waals surface area contributed by atoms with Crippen LogP contribution in [-0.4, -0.2) is 85.5 Å². The van der Waals surface area contributed by atoms with E-state index >= 15 is 0 Å². The summed E-state index contributed by atoms with van der Waals surface area (Å²) in [6, 6.07) is 9.64. The number of rotatable bonds is 5. The van der Waals surface area contributed by atoms with Gasteiger partial charge in [-0.1, -0.05) is 12.1 Å². The molecule has 3 rings (SSSR count). The van der Waals surface area contributed by atoms with Crippen molar-refractivity contribution in [3.05, 3.63) is 53.9 Å². The van der Waals surface area contributed by atoms with Crippen molar-refractivity contribution in [2.45, 2.75) is 6.42 Å². The fourth-order valence-corrected chi connectivity index (χ4v) is 3.34. The van der Waals surface area contributed by atoms with Crippen LogP contribution >= 0.6 is 0 Å². The number of benzene rings is 1. The second-order valence-electron chi connectivity index (χ2n) is 7.15. The van der Waals surface area contributed by atoms with Crippen LogP contribution in [0, 0.1) is 0 Å². The SMILES string of the molecule is CN=C(NCCc1cccc(C(=O)N(C)C)c1)N1CCN(c2ncccn2)CC1. The molecule has 1 N–H and O–H groups in total. The van der Waals surface area contributed by atoms with E-state index < -0.39 is 0 Å². The summed E-state index contributed by atoms with van der Waals surface area (Å²) in [5.41, 5.74) is 1.85. The highest BCUT2D eigenvalue weighted by Gasteiger charge is 2.20. The van der Waals surface area contributed by atoms with Crippen LogP contribution in [0.2, 0.25) is 0 Å². The molecule has 0 unspecified atom stereocenters. The minimum Gasteiger partial charge on any atom is -0.356 e. The van der Waals surface area contributed by atoms with Crippen molar-refractivity contribution in [1.29, 1.82) is 0 Å². The average molecular weight is 396 g/mol. The number of nitrogens with zero attached hydrogens (tertiary/aromatic N) is 6. The van der Waals surface area contributed by atoms with Gasteiger partial charge in [0.2, 0.25) is 5.95 Å². The van der Waals surface area contributed by atoms with E-state index in [4.69, 9.17) is 0 Å². The van der Waals surface area contributed by atoms with Gasteiger partial charge in [-0.2, -0.15) is 0 Å². The Balaban J connectivity index is 1.49. The number of carbonyl (C=O) groups excluding carboxylic acids is 1. The smallest absolute Gasteiger partial charge is 0.253 e. The first-order chi connectivity index (χ1) is 14.1. The number of nitrogens with one attached hydrogen (secondary N) is 1. The van der Waals surface area contributed by atoms with Crippen LogP contribution in [0.1, 0.15) is 15.9 Å². The van der Waals surface area contributed by atoms with Gasteiger partial charge < -0.3 is 20.0 Å². The maximum atomic E-state index is 12.1. The van der Waals surface area contributed by atoms with E-state index in [1.165, 1.54) is 0 Å². The molecule has 1 aliphatic rings. The number of aromatic nitrogens is 2. The molecule has 0 radical (unpaired) electrons. The van der Waals surface area contributed by atoms with Gasteiger partial charge in [-0.25, -0.2) is 9.97 Å². The normalized spacial score (nSPS) is 14.7. The molecule has 0 atom stereocenters. The third-order valence-electron chi connectivity index (χ3n) is 4.90. The van der Waals surface area contributed by atoms with Crippen LogP contribution in [0.25, 0.3) is 0 Å². The largest absolute Gasteiger partial charge is 0.356 e. The number of hydrogen-bond acceptors (Lipinski definition) is 5. The van der Waals surface area contributed by atoms with Crippen molar-refractivity contribution >= 4 is 17.8 Å². The van der Waals surface area contributed by atoms with Crippen molar-refractivity contribution in [3.8, 4) is 0 Å². The van der Waals surface area contributed by atoms with Crippen LogP contribution < -0.4 is 10.2 Å². The molecule has 2 heterocycles. The molecular formula is C21H29N7O. The summed E-state index contributed by atoms with van der Waals surface area (Å²) in [7, 11) is 5.35. The van der Waals surface area contributed by atoms with Crippen LogP contribution in [0.3, 0.4) is 0 Å². The van der Waals surface area contributed by atoms with Gasteiger partial charge in [-0.15, -0.1) is 0 Å². The number of hydrogen-bond donors (Lipinski definition) is 1. The third-order valence-corrected chi connectivity index (χ3v) is 4.90. The molecule has 8 nitrogen and oxygen atoms in total. The number of guanidine groups is 1. The van der Waals surface area contributed by atoms with E-state index in [0.717, 1.165) is 62.2 Å². The van der Waals surface area contributed by atoms with Gasteiger partial charge in [-0.05, 0) is 30.2 Å². The molecule has 1 aliphatic heterocycles. The highest BCUT2D eigenvalue weighted by atomic mass is 16.2. The van der Waals surface area contributed by atoms with Gasteiger partial charge in [0.1, 0.15) is 0 Å². The maximum Gasteiger partial charge on any atom is 0.253 e. The van der Waals surface area contributed by atoms with E-state index in [1.807, 2.05) is 31.3 Å². The fourth-order valence-electron chi connectivity index (χ4n) is 3.34. The molecule has 0 spiro atoms. The summed E-state index contributed by atoms with van der Waals surface area (Å²) in [5, 5.41) is 3.44. The van der Waals surface area contributed by atoms with E-state index in [9.17, 15) is 4.79 Å². The average Bonchev–Trinajstić information content (AvgIpc) is 2.77. The molecule has 1 amide bonds. The Morgan fingerprint density at radius 2 is 1.86 bits per heavy atom. The lowest BCUT2D eigenvalue weighted by Gasteiger charge is -2.36. The Morgan fingerprint density at radius 3 is 2.52 bits per heavy atom. The molecule has 1 saturated heterocycles. The van der Waals surface area contributed by atoms with Crippen LogP contribution in [0.15, 0.2) is 47.7 Å². The minimum atomic E-state index is 0.0240. The molecule has 0 bridgehead atoms. The Bertz CT molecular complexity index is 830. The summed E-state index contributed by atoms with van der Waals surface area (Å²) in [4.78, 5) is 31.3. The van der Waals surface area contributed by atoms with Crippen molar-refractivity contribution in [2.24, 2.45) is 4.99 Å².